The van der Waals surface area contributed by atoms with Crippen LogP contribution in [-0.4, -0.2) is 13.5 Å². The monoisotopic (exact) mass is 387 g/mol. The van der Waals surface area contributed by atoms with Crippen molar-refractivity contribution >= 4 is 27.3 Å². The molecule has 3 rings (SSSR count). The third kappa shape index (κ3) is 3.84. The van der Waals surface area contributed by atoms with Crippen LogP contribution in [0.3, 0.4) is 0 Å². The lowest BCUT2D eigenvalue weighted by molar-refractivity contribution is 0.469. The number of hydrogen-bond donors (Lipinski definition) is 2. The molecular weight excluding hydrogens is 370 g/mol. The molecule has 0 aliphatic heterocycles. The second-order valence-corrected chi connectivity index (χ2v) is 7.90. The summed E-state index contributed by atoms with van der Waals surface area (Å²) in [6.07, 6.45) is 0.535. The predicted octanol–water partition coefficient (Wildman–Crippen LogP) is 5.08. The molecule has 0 saturated heterocycles. The van der Waals surface area contributed by atoms with E-state index in [-0.39, 0.29) is 15.7 Å². The second-order valence-electron chi connectivity index (χ2n) is 5.82. The number of phenols is 1. The van der Waals surface area contributed by atoms with Crippen molar-refractivity contribution in [1.82, 2.24) is 0 Å². The number of rotatable bonds is 5. The Morgan fingerprint density at radius 3 is 2.19 bits per heavy atom. The summed E-state index contributed by atoms with van der Waals surface area (Å²) < 4.78 is 27.8. The van der Waals surface area contributed by atoms with Crippen LogP contribution in [0.25, 0.3) is 11.1 Å². The molecule has 0 aliphatic rings. The topological polar surface area (TPSA) is 66.4 Å². The van der Waals surface area contributed by atoms with Gasteiger partial charge in [-0.1, -0.05) is 61.0 Å². The fourth-order valence-corrected chi connectivity index (χ4v) is 3.93. The summed E-state index contributed by atoms with van der Waals surface area (Å²) in [6.45, 7) is 1.85. The lowest BCUT2D eigenvalue weighted by Gasteiger charge is -2.12. The fraction of sp³-hybridized carbons (Fsp3) is 0.100. The molecule has 0 radical (unpaired) electrons. The molecule has 3 aromatic carbocycles. The maximum absolute atomic E-state index is 12.6. The van der Waals surface area contributed by atoms with Gasteiger partial charge in [-0.25, -0.2) is 8.42 Å². The van der Waals surface area contributed by atoms with Crippen molar-refractivity contribution in [2.45, 2.75) is 18.2 Å². The molecule has 4 nitrogen and oxygen atoms in total. The van der Waals surface area contributed by atoms with Gasteiger partial charge in [-0.15, -0.1) is 0 Å². The Bertz CT molecular complexity index is 1020. The number of phenolic OH excluding ortho intramolecular Hbond substituents is 1. The van der Waals surface area contributed by atoms with Gasteiger partial charge < -0.3 is 5.11 Å². The van der Waals surface area contributed by atoms with E-state index in [0.717, 1.165) is 11.1 Å². The molecule has 0 saturated carbocycles. The van der Waals surface area contributed by atoms with Gasteiger partial charge in [0.05, 0.1) is 15.6 Å². The Hall–Kier alpha value is -2.50. The van der Waals surface area contributed by atoms with Gasteiger partial charge in [0, 0.05) is 0 Å². The minimum absolute atomic E-state index is 0.0238. The summed E-state index contributed by atoms with van der Waals surface area (Å²) in [5.41, 5.74) is 2.85. The first-order valence-electron chi connectivity index (χ1n) is 8.10. The summed E-state index contributed by atoms with van der Waals surface area (Å²) in [5.74, 6) is -0.0238. The van der Waals surface area contributed by atoms with Gasteiger partial charge in [-0.05, 0) is 47.4 Å². The highest BCUT2D eigenvalue weighted by Gasteiger charge is 2.16. The standard InChI is InChI=1S/C20H18ClNO3S/c1-2-14-12-17(13-19(21)20(14)23)22-26(24,25)18-10-8-16(9-11-18)15-6-4-3-5-7-15/h3-13,22-23H,2H2,1H3. The molecular formula is C20H18ClNO3S. The average Bonchev–Trinajstić information content (AvgIpc) is 2.65. The molecule has 0 spiro atoms. The lowest BCUT2D eigenvalue weighted by Crippen LogP contribution is -2.13. The smallest absolute Gasteiger partial charge is 0.261 e. The highest BCUT2D eigenvalue weighted by Crippen LogP contribution is 2.32. The van der Waals surface area contributed by atoms with Gasteiger partial charge >= 0.3 is 0 Å². The van der Waals surface area contributed by atoms with Crippen LogP contribution >= 0.6 is 11.6 Å². The maximum Gasteiger partial charge on any atom is 0.261 e. The average molecular weight is 388 g/mol. The molecule has 0 bridgehead atoms. The summed E-state index contributed by atoms with van der Waals surface area (Å²) in [6, 6.07) is 19.4. The van der Waals surface area contributed by atoms with Crippen LogP contribution in [0.1, 0.15) is 12.5 Å². The minimum Gasteiger partial charge on any atom is -0.506 e. The Balaban J connectivity index is 1.88. The quantitative estimate of drug-likeness (QED) is 0.600. The zero-order valence-corrected chi connectivity index (χ0v) is 15.7. The highest BCUT2D eigenvalue weighted by atomic mass is 35.5. The van der Waals surface area contributed by atoms with E-state index in [4.69, 9.17) is 11.6 Å². The first-order chi connectivity index (χ1) is 12.4. The summed E-state index contributed by atoms with van der Waals surface area (Å²) in [5, 5.41) is 9.98. The molecule has 0 fully saturated rings. The SMILES string of the molecule is CCc1cc(NS(=O)(=O)c2ccc(-c3ccccc3)cc2)cc(Cl)c1O. The van der Waals surface area contributed by atoms with E-state index in [9.17, 15) is 13.5 Å². The third-order valence-electron chi connectivity index (χ3n) is 4.05. The van der Waals surface area contributed by atoms with E-state index in [1.807, 2.05) is 37.3 Å². The molecule has 134 valence electrons. The van der Waals surface area contributed by atoms with Crippen molar-refractivity contribution in [3.8, 4) is 16.9 Å². The van der Waals surface area contributed by atoms with Crippen LogP contribution in [0.15, 0.2) is 71.6 Å². The zero-order chi connectivity index (χ0) is 18.7. The molecule has 26 heavy (non-hydrogen) atoms. The van der Waals surface area contributed by atoms with Crippen molar-refractivity contribution in [1.29, 1.82) is 0 Å². The largest absolute Gasteiger partial charge is 0.506 e. The first-order valence-corrected chi connectivity index (χ1v) is 9.96. The van der Waals surface area contributed by atoms with E-state index in [0.29, 0.717) is 17.7 Å². The lowest BCUT2D eigenvalue weighted by atomic mass is 10.1. The van der Waals surface area contributed by atoms with E-state index >= 15 is 0 Å². The number of nitrogens with one attached hydrogen (secondary N) is 1. The van der Waals surface area contributed by atoms with Crippen LogP contribution in [0.4, 0.5) is 5.69 Å². The third-order valence-corrected chi connectivity index (χ3v) is 5.73. The van der Waals surface area contributed by atoms with Crippen LogP contribution in [-0.2, 0) is 16.4 Å². The second kappa shape index (κ2) is 7.40. The fourth-order valence-electron chi connectivity index (χ4n) is 2.66. The molecule has 2 N–H and O–H groups in total. The van der Waals surface area contributed by atoms with Crippen LogP contribution in [0, 0.1) is 0 Å². The molecule has 0 unspecified atom stereocenters. The summed E-state index contributed by atoms with van der Waals surface area (Å²) >= 11 is 5.98. The van der Waals surface area contributed by atoms with Gasteiger partial charge in [0.15, 0.2) is 0 Å². The molecule has 6 heteroatoms. The maximum atomic E-state index is 12.6. The zero-order valence-electron chi connectivity index (χ0n) is 14.1. The van der Waals surface area contributed by atoms with Crippen LogP contribution in [0.2, 0.25) is 5.02 Å². The van der Waals surface area contributed by atoms with Gasteiger partial charge in [-0.2, -0.15) is 0 Å². The van der Waals surface area contributed by atoms with Crippen molar-refractivity contribution in [2.24, 2.45) is 0 Å². The molecule has 0 atom stereocenters. The Morgan fingerprint density at radius 1 is 0.962 bits per heavy atom. The van der Waals surface area contributed by atoms with Crippen molar-refractivity contribution in [2.75, 3.05) is 4.72 Å². The van der Waals surface area contributed by atoms with E-state index in [2.05, 4.69) is 4.72 Å². The molecule has 0 amide bonds. The Kier molecular flexibility index (Phi) is 5.20. The number of benzene rings is 3. The minimum atomic E-state index is -3.76. The highest BCUT2D eigenvalue weighted by molar-refractivity contribution is 7.92. The van der Waals surface area contributed by atoms with Gasteiger partial charge in [0.25, 0.3) is 10.0 Å². The molecule has 0 aliphatic carbocycles. The number of sulfonamides is 1. The van der Waals surface area contributed by atoms with Crippen molar-refractivity contribution in [3.05, 3.63) is 77.3 Å². The van der Waals surface area contributed by atoms with Crippen molar-refractivity contribution < 1.29 is 13.5 Å². The number of hydrogen-bond acceptors (Lipinski definition) is 3. The normalized spacial score (nSPS) is 11.3. The Morgan fingerprint density at radius 2 is 1.58 bits per heavy atom. The summed E-state index contributed by atoms with van der Waals surface area (Å²) in [7, 11) is -3.76. The molecule has 0 heterocycles. The summed E-state index contributed by atoms with van der Waals surface area (Å²) in [4.78, 5) is 0.152. The van der Waals surface area contributed by atoms with Crippen molar-refractivity contribution in [3.63, 3.8) is 0 Å². The number of aryl methyl sites for hydroxylation is 1. The Labute approximate surface area is 158 Å². The molecule has 0 aromatic heterocycles. The van der Waals surface area contributed by atoms with Crippen LogP contribution in [0.5, 0.6) is 5.75 Å². The van der Waals surface area contributed by atoms with Gasteiger partial charge in [0.2, 0.25) is 0 Å². The van der Waals surface area contributed by atoms with E-state index < -0.39 is 10.0 Å². The number of halogens is 1. The first kappa shape index (κ1) is 18.3. The van der Waals surface area contributed by atoms with E-state index in [1.54, 1.807) is 30.3 Å². The van der Waals surface area contributed by atoms with Crippen LogP contribution < -0.4 is 4.72 Å². The number of aromatic hydroxyl groups is 1. The number of anilines is 1. The predicted molar refractivity (Wildman–Crippen MR) is 105 cm³/mol. The van der Waals surface area contributed by atoms with Gasteiger partial charge in [0.1, 0.15) is 5.75 Å². The molecule has 3 aromatic rings. The van der Waals surface area contributed by atoms with Gasteiger partial charge in [-0.3, -0.25) is 4.72 Å². The van der Waals surface area contributed by atoms with E-state index in [1.165, 1.54) is 6.07 Å².